The normalized spacial score (nSPS) is 15.2. The van der Waals surface area contributed by atoms with Gasteiger partial charge in [-0.3, -0.25) is 9.59 Å². The Morgan fingerprint density at radius 1 is 1.23 bits per heavy atom. The molecule has 0 bridgehead atoms. The number of nitrogens with zero attached hydrogens (tertiary/aromatic N) is 2. The average molecular weight is 360 g/mol. The Kier molecular flexibility index (Phi) is 6.06. The summed E-state index contributed by atoms with van der Waals surface area (Å²) in [6.45, 7) is 2.83. The van der Waals surface area contributed by atoms with Gasteiger partial charge in [0, 0.05) is 33.3 Å². The van der Waals surface area contributed by atoms with Gasteiger partial charge in [-0.2, -0.15) is 4.98 Å². The quantitative estimate of drug-likeness (QED) is 0.587. The van der Waals surface area contributed by atoms with Crippen molar-refractivity contribution in [2.45, 2.75) is 12.8 Å². The number of anilines is 1. The Morgan fingerprint density at radius 3 is 2.69 bits per heavy atom. The van der Waals surface area contributed by atoms with Crippen LogP contribution >= 0.6 is 0 Å². The summed E-state index contributed by atoms with van der Waals surface area (Å²) in [6.07, 6.45) is 1.81. The van der Waals surface area contributed by atoms with Crippen molar-refractivity contribution in [1.82, 2.24) is 15.6 Å². The van der Waals surface area contributed by atoms with E-state index in [1.165, 1.54) is 0 Å². The monoisotopic (exact) mass is 360 g/mol. The molecule has 140 valence electrons. The van der Waals surface area contributed by atoms with Gasteiger partial charge in [-0.05, 0) is 30.9 Å². The highest BCUT2D eigenvalue weighted by molar-refractivity contribution is 6.35. The molecule has 1 saturated heterocycles. The van der Waals surface area contributed by atoms with Crippen molar-refractivity contribution < 1.29 is 18.7 Å². The maximum absolute atomic E-state index is 11.8. The molecule has 1 aromatic heterocycles. The zero-order valence-electron chi connectivity index (χ0n) is 14.9. The molecule has 1 aliphatic heterocycles. The molecule has 0 radical (unpaired) electrons. The minimum absolute atomic E-state index is 0.325. The number of hydrogen-bond acceptors (Lipinski definition) is 6. The van der Waals surface area contributed by atoms with Crippen molar-refractivity contribution >= 4 is 28.9 Å². The minimum Gasteiger partial charge on any atom is -0.423 e. The number of rotatable bonds is 6. The number of benzene rings is 1. The smallest absolute Gasteiger partial charge is 0.309 e. The van der Waals surface area contributed by atoms with Gasteiger partial charge in [0.25, 0.3) is 6.01 Å². The van der Waals surface area contributed by atoms with E-state index < -0.39 is 11.8 Å². The fourth-order valence-corrected chi connectivity index (χ4v) is 2.99. The third-order valence-corrected chi connectivity index (χ3v) is 4.52. The van der Waals surface area contributed by atoms with E-state index in [1.807, 2.05) is 24.3 Å². The molecule has 8 nitrogen and oxygen atoms in total. The van der Waals surface area contributed by atoms with Crippen molar-refractivity contribution in [1.29, 1.82) is 0 Å². The lowest BCUT2D eigenvalue weighted by Gasteiger charge is -2.30. The van der Waals surface area contributed by atoms with E-state index in [2.05, 4.69) is 20.5 Å². The third-order valence-electron chi connectivity index (χ3n) is 4.52. The molecule has 0 spiro atoms. The van der Waals surface area contributed by atoms with Crippen LogP contribution in [0, 0.1) is 5.92 Å². The van der Waals surface area contributed by atoms with E-state index in [0.29, 0.717) is 31.6 Å². The van der Waals surface area contributed by atoms with Crippen LogP contribution in [0.25, 0.3) is 11.1 Å². The van der Waals surface area contributed by atoms with Crippen LogP contribution in [0.4, 0.5) is 6.01 Å². The number of carbonyl (C=O) groups excluding carboxylic acids is 2. The lowest BCUT2D eigenvalue weighted by molar-refractivity contribution is -0.139. The second-order valence-corrected chi connectivity index (χ2v) is 6.35. The molecular formula is C18H24N4O4. The van der Waals surface area contributed by atoms with Crippen LogP contribution in [-0.2, 0) is 14.3 Å². The van der Waals surface area contributed by atoms with E-state index in [0.717, 1.165) is 37.0 Å². The van der Waals surface area contributed by atoms with Crippen molar-refractivity contribution in [3.05, 3.63) is 24.3 Å². The Bertz CT molecular complexity index is 719. The van der Waals surface area contributed by atoms with Crippen LogP contribution in [0.1, 0.15) is 12.8 Å². The number of para-hydroxylation sites is 2. The van der Waals surface area contributed by atoms with Gasteiger partial charge in [-0.15, -0.1) is 0 Å². The number of methoxy groups -OCH3 is 1. The molecular weight excluding hydrogens is 336 g/mol. The van der Waals surface area contributed by atoms with E-state index in [4.69, 9.17) is 9.15 Å². The molecule has 0 saturated carbocycles. The summed E-state index contributed by atoms with van der Waals surface area (Å²) in [7, 11) is 1.54. The lowest BCUT2D eigenvalue weighted by atomic mass is 9.97. The van der Waals surface area contributed by atoms with Crippen LogP contribution in [0.2, 0.25) is 0 Å². The van der Waals surface area contributed by atoms with Crippen molar-refractivity contribution in [3.8, 4) is 0 Å². The number of oxazole rings is 1. The number of ether oxygens (including phenoxy) is 1. The van der Waals surface area contributed by atoms with Crippen LogP contribution in [0.5, 0.6) is 0 Å². The topological polar surface area (TPSA) is 96.7 Å². The van der Waals surface area contributed by atoms with Crippen LogP contribution in [-0.4, -0.2) is 56.7 Å². The Balaban J connectivity index is 1.42. The molecule has 3 rings (SSSR count). The zero-order valence-corrected chi connectivity index (χ0v) is 14.9. The molecule has 0 aliphatic carbocycles. The first-order valence-electron chi connectivity index (χ1n) is 8.83. The fraction of sp³-hybridized carbons (Fsp3) is 0.500. The molecule has 2 heterocycles. The summed E-state index contributed by atoms with van der Waals surface area (Å²) < 4.78 is 10.6. The van der Waals surface area contributed by atoms with E-state index in [-0.39, 0.29) is 0 Å². The van der Waals surface area contributed by atoms with Gasteiger partial charge in [0.15, 0.2) is 5.58 Å². The molecule has 1 aromatic carbocycles. The standard InChI is InChI=1S/C18H24N4O4/c1-25-11-8-19-16(23)17(24)20-12-13-6-9-22(10-7-13)18-21-14-4-2-3-5-15(14)26-18/h2-5,13H,6-12H2,1H3,(H,19,23)(H,20,24). The van der Waals surface area contributed by atoms with Gasteiger partial charge in [0.05, 0.1) is 6.61 Å². The number of fused-ring (bicyclic) bond motifs is 1. The number of carbonyl (C=O) groups is 2. The third kappa shape index (κ3) is 4.51. The predicted octanol–water partition coefficient (Wildman–Crippen LogP) is 0.923. The second kappa shape index (κ2) is 8.66. The molecule has 1 fully saturated rings. The van der Waals surface area contributed by atoms with Gasteiger partial charge in [-0.25, -0.2) is 0 Å². The predicted molar refractivity (Wildman–Crippen MR) is 96.8 cm³/mol. The van der Waals surface area contributed by atoms with E-state index in [1.54, 1.807) is 7.11 Å². The van der Waals surface area contributed by atoms with Crippen molar-refractivity contribution in [2.75, 3.05) is 44.8 Å². The van der Waals surface area contributed by atoms with Gasteiger partial charge in [0.1, 0.15) is 5.52 Å². The largest absolute Gasteiger partial charge is 0.423 e. The summed E-state index contributed by atoms with van der Waals surface area (Å²) in [5, 5.41) is 5.21. The van der Waals surface area contributed by atoms with Gasteiger partial charge < -0.3 is 24.7 Å². The lowest BCUT2D eigenvalue weighted by Crippen LogP contribution is -2.44. The zero-order chi connectivity index (χ0) is 18.4. The molecule has 1 aliphatic rings. The van der Waals surface area contributed by atoms with Crippen molar-refractivity contribution in [2.24, 2.45) is 5.92 Å². The number of hydrogen-bond donors (Lipinski definition) is 2. The number of nitrogens with one attached hydrogen (secondary N) is 2. The first-order chi connectivity index (χ1) is 12.7. The molecule has 2 N–H and O–H groups in total. The van der Waals surface area contributed by atoms with Gasteiger partial charge >= 0.3 is 11.8 Å². The van der Waals surface area contributed by atoms with Crippen LogP contribution < -0.4 is 15.5 Å². The molecule has 8 heteroatoms. The number of aromatic nitrogens is 1. The van der Waals surface area contributed by atoms with Gasteiger partial charge in [-0.1, -0.05) is 12.1 Å². The summed E-state index contributed by atoms with van der Waals surface area (Å²) in [5.41, 5.74) is 1.65. The summed E-state index contributed by atoms with van der Waals surface area (Å²) in [4.78, 5) is 30.0. The first-order valence-corrected chi connectivity index (χ1v) is 8.83. The highest BCUT2D eigenvalue weighted by Gasteiger charge is 2.23. The number of amides is 2. The Hall–Kier alpha value is -2.61. The Labute approximate surface area is 151 Å². The van der Waals surface area contributed by atoms with E-state index in [9.17, 15) is 9.59 Å². The SMILES string of the molecule is COCCNC(=O)C(=O)NCC1CCN(c2nc3ccccc3o2)CC1. The highest BCUT2D eigenvalue weighted by Crippen LogP contribution is 2.25. The minimum atomic E-state index is -0.619. The van der Waals surface area contributed by atoms with Crippen molar-refractivity contribution in [3.63, 3.8) is 0 Å². The average Bonchev–Trinajstić information content (AvgIpc) is 3.10. The number of piperidine rings is 1. The summed E-state index contributed by atoms with van der Waals surface area (Å²) in [6, 6.07) is 8.35. The first kappa shape index (κ1) is 18.2. The molecule has 2 aromatic rings. The Morgan fingerprint density at radius 2 is 1.96 bits per heavy atom. The van der Waals surface area contributed by atoms with Gasteiger partial charge in [0.2, 0.25) is 0 Å². The summed E-state index contributed by atoms with van der Waals surface area (Å²) in [5.74, 6) is -0.875. The fourth-order valence-electron chi connectivity index (χ4n) is 2.99. The van der Waals surface area contributed by atoms with E-state index >= 15 is 0 Å². The van der Waals surface area contributed by atoms with Crippen LogP contribution in [0.3, 0.4) is 0 Å². The molecule has 26 heavy (non-hydrogen) atoms. The highest BCUT2D eigenvalue weighted by atomic mass is 16.5. The maximum atomic E-state index is 11.8. The molecule has 2 amide bonds. The van der Waals surface area contributed by atoms with Crippen LogP contribution in [0.15, 0.2) is 28.7 Å². The maximum Gasteiger partial charge on any atom is 0.309 e. The molecule has 0 atom stereocenters. The summed E-state index contributed by atoms with van der Waals surface area (Å²) >= 11 is 0. The molecule has 0 unspecified atom stereocenters. The second-order valence-electron chi connectivity index (χ2n) is 6.35.